The summed E-state index contributed by atoms with van der Waals surface area (Å²) >= 11 is 0. The number of benzene rings is 1. The molecule has 0 radical (unpaired) electrons. The third-order valence-corrected chi connectivity index (χ3v) is 2.93. The largest absolute Gasteiger partial charge is 0.504 e. The molecular weight excluding hydrogens is 190 g/mol. The molecule has 3 N–H and O–H groups in total. The van der Waals surface area contributed by atoms with E-state index in [4.69, 9.17) is 0 Å². The Balaban J connectivity index is 2.00. The molecular formula is C12H17NO2. The molecule has 0 spiro atoms. The number of rotatable bonds is 2. The van der Waals surface area contributed by atoms with E-state index in [0.717, 1.165) is 18.5 Å². The topological polar surface area (TPSA) is 52.5 Å². The van der Waals surface area contributed by atoms with Crippen molar-refractivity contribution < 1.29 is 10.2 Å². The minimum atomic E-state index is -0.0460. The predicted octanol–water partition coefficient (Wildman–Crippen LogP) is 1.78. The van der Waals surface area contributed by atoms with Crippen LogP contribution in [0.2, 0.25) is 0 Å². The second-order valence-electron chi connectivity index (χ2n) is 4.17. The highest BCUT2D eigenvalue weighted by atomic mass is 16.3. The maximum atomic E-state index is 9.36. The summed E-state index contributed by atoms with van der Waals surface area (Å²) in [6.07, 6.45) is 4.66. The molecule has 1 aliphatic rings. The lowest BCUT2D eigenvalue weighted by atomic mass is 9.98. The zero-order chi connectivity index (χ0) is 10.7. The number of phenolic OH excluding ortho intramolecular Hbond substituents is 2. The number of aromatic hydroxyl groups is 2. The van der Waals surface area contributed by atoms with Gasteiger partial charge in [-0.25, -0.2) is 0 Å². The van der Waals surface area contributed by atoms with Gasteiger partial charge in [0.1, 0.15) is 0 Å². The van der Waals surface area contributed by atoms with Crippen LogP contribution in [-0.4, -0.2) is 22.8 Å². The average molecular weight is 207 g/mol. The number of hydrogen-bond donors (Lipinski definition) is 3. The van der Waals surface area contributed by atoms with Crippen molar-refractivity contribution in [1.82, 2.24) is 5.32 Å². The molecule has 1 aliphatic heterocycles. The van der Waals surface area contributed by atoms with Crippen molar-refractivity contribution in [1.29, 1.82) is 0 Å². The van der Waals surface area contributed by atoms with E-state index >= 15 is 0 Å². The number of nitrogens with one attached hydrogen (secondary N) is 1. The molecule has 0 bridgehead atoms. The molecule has 1 aromatic rings. The van der Waals surface area contributed by atoms with Crippen LogP contribution in [0.1, 0.15) is 24.8 Å². The van der Waals surface area contributed by atoms with E-state index in [1.807, 2.05) is 6.07 Å². The Morgan fingerprint density at radius 2 is 2.07 bits per heavy atom. The molecule has 1 atom stereocenters. The van der Waals surface area contributed by atoms with Gasteiger partial charge >= 0.3 is 0 Å². The fourth-order valence-electron chi connectivity index (χ4n) is 2.08. The van der Waals surface area contributed by atoms with Crippen LogP contribution >= 0.6 is 0 Å². The first-order valence-corrected chi connectivity index (χ1v) is 5.50. The van der Waals surface area contributed by atoms with Gasteiger partial charge in [-0.05, 0) is 43.5 Å². The lowest BCUT2D eigenvalue weighted by Gasteiger charge is -2.23. The summed E-state index contributed by atoms with van der Waals surface area (Å²) in [5, 5.41) is 22.0. The van der Waals surface area contributed by atoms with Crippen molar-refractivity contribution in [3.8, 4) is 11.5 Å². The van der Waals surface area contributed by atoms with E-state index in [2.05, 4.69) is 5.32 Å². The van der Waals surface area contributed by atoms with Gasteiger partial charge in [-0.1, -0.05) is 12.5 Å². The molecule has 1 fully saturated rings. The van der Waals surface area contributed by atoms with Crippen LogP contribution in [0.25, 0.3) is 0 Å². The van der Waals surface area contributed by atoms with Gasteiger partial charge in [0.25, 0.3) is 0 Å². The lowest BCUT2D eigenvalue weighted by molar-refractivity contribution is 0.393. The van der Waals surface area contributed by atoms with Crippen LogP contribution in [0.5, 0.6) is 11.5 Å². The van der Waals surface area contributed by atoms with E-state index in [-0.39, 0.29) is 11.5 Å². The van der Waals surface area contributed by atoms with E-state index < -0.39 is 0 Å². The Kier molecular flexibility index (Phi) is 3.11. The molecule has 3 nitrogen and oxygen atoms in total. The van der Waals surface area contributed by atoms with Crippen molar-refractivity contribution in [2.45, 2.75) is 31.7 Å². The van der Waals surface area contributed by atoms with Crippen LogP contribution in [0.3, 0.4) is 0 Å². The van der Waals surface area contributed by atoms with Crippen LogP contribution in [0.15, 0.2) is 18.2 Å². The number of phenols is 2. The van der Waals surface area contributed by atoms with Gasteiger partial charge in [0.2, 0.25) is 0 Å². The molecule has 2 rings (SSSR count). The highest BCUT2D eigenvalue weighted by molar-refractivity contribution is 5.40. The SMILES string of the molecule is Oc1ccc(C[C@H]2CCCCN2)cc1O. The van der Waals surface area contributed by atoms with Crippen LogP contribution < -0.4 is 5.32 Å². The van der Waals surface area contributed by atoms with Crippen molar-refractivity contribution in [3.63, 3.8) is 0 Å². The van der Waals surface area contributed by atoms with Crippen LogP contribution in [0, 0.1) is 0 Å². The molecule has 82 valence electrons. The second-order valence-corrected chi connectivity index (χ2v) is 4.17. The first kappa shape index (κ1) is 10.3. The summed E-state index contributed by atoms with van der Waals surface area (Å²) in [5.74, 6) is -0.0707. The molecule has 1 saturated heterocycles. The number of hydrogen-bond acceptors (Lipinski definition) is 3. The van der Waals surface area contributed by atoms with E-state index in [1.54, 1.807) is 12.1 Å². The maximum absolute atomic E-state index is 9.36. The monoisotopic (exact) mass is 207 g/mol. The lowest BCUT2D eigenvalue weighted by Crippen LogP contribution is -2.35. The van der Waals surface area contributed by atoms with E-state index in [1.165, 1.54) is 19.3 Å². The normalized spacial score (nSPS) is 21.5. The molecule has 3 heteroatoms. The first-order chi connectivity index (χ1) is 7.25. The highest BCUT2D eigenvalue weighted by Crippen LogP contribution is 2.26. The fraction of sp³-hybridized carbons (Fsp3) is 0.500. The molecule has 0 saturated carbocycles. The van der Waals surface area contributed by atoms with Gasteiger partial charge in [-0.3, -0.25) is 0 Å². The third-order valence-electron chi connectivity index (χ3n) is 2.93. The summed E-state index contributed by atoms with van der Waals surface area (Å²) in [6, 6.07) is 5.58. The summed E-state index contributed by atoms with van der Waals surface area (Å²) in [4.78, 5) is 0. The smallest absolute Gasteiger partial charge is 0.157 e. The first-order valence-electron chi connectivity index (χ1n) is 5.50. The zero-order valence-corrected chi connectivity index (χ0v) is 8.74. The van der Waals surface area contributed by atoms with E-state index in [9.17, 15) is 10.2 Å². The summed E-state index contributed by atoms with van der Waals surface area (Å²) in [5.41, 5.74) is 1.07. The maximum Gasteiger partial charge on any atom is 0.157 e. The van der Waals surface area contributed by atoms with Gasteiger partial charge < -0.3 is 15.5 Å². The predicted molar refractivity (Wildman–Crippen MR) is 59.1 cm³/mol. The minimum Gasteiger partial charge on any atom is -0.504 e. The van der Waals surface area contributed by atoms with Gasteiger partial charge in [0, 0.05) is 6.04 Å². The molecule has 1 heterocycles. The summed E-state index contributed by atoms with van der Waals surface area (Å²) in [7, 11) is 0. The Labute approximate surface area is 89.8 Å². The Hall–Kier alpha value is -1.22. The van der Waals surface area contributed by atoms with Crippen LogP contribution in [0.4, 0.5) is 0 Å². The summed E-state index contributed by atoms with van der Waals surface area (Å²) < 4.78 is 0. The summed E-state index contributed by atoms with van der Waals surface area (Å²) in [6.45, 7) is 1.09. The van der Waals surface area contributed by atoms with Crippen molar-refractivity contribution >= 4 is 0 Å². The highest BCUT2D eigenvalue weighted by Gasteiger charge is 2.13. The van der Waals surface area contributed by atoms with Gasteiger partial charge in [0.05, 0.1) is 0 Å². The minimum absolute atomic E-state index is 0.0247. The molecule has 0 aliphatic carbocycles. The van der Waals surface area contributed by atoms with Crippen LogP contribution in [-0.2, 0) is 6.42 Å². The second kappa shape index (κ2) is 4.53. The average Bonchev–Trinajstić information content (AvgIpc) is 2.25. The number of piperidine rings is 1. The Bertz CT molecular complexity index is 332. The van der Waals surface area contributed by atoms with Gasteiger partial charge in [-0.2, -0.15) is 0 Å². The van der Waals surface area contributed by atoms with E-state index in [0.29, 0.717) is 6.04 Å². The third kappa shape index (κ3) is 2.63. The molecule has 0 aromatic heterocycles. The Morgan fingerprint density at radius 3 is 2.73 bits per heavy atom. The fourth-order valence-corrected chi connectivity index (χ4v) is 2.08. The van der Waals surface area contributed by atoms with Gasteiger partial charge in [-0.15, -0.1) is 0 Å². The molecule has 0 amide bonds. The quantitative estimate of drug-likeness (QED) is 0.648. The van der Waals surface area contributed by atoms with Crippen molar-refractivity contribution in [2.24, 2.45) is 0 Å². The van der Waals surface area contributed by atoms with Crippen molar-refractivity contribution in [2.75, 3.05) is 6.54 Å². The molecule has 15 heavy (non-hydrogen) atoms. The Morgan fingerprint density at radius 1 is 1.20 bits per heavy atom. The molecule has 0 unspecified atom stereocenters. The van der Waals surface area contributed by atoms with Crippen molar-refractivity contribution in [3.05, 3.63) is 23.8 Å². The zero-order valence-electron chi connectivity index (χ0n) is 8.74. The molecule has 1 aromatic carbocycles. The standard InChI is InChI=1S/C12H17NO2/c14-11-5-4-9(8-12(11)15)7-10-3-1-2-6-13-10/h4-5,8,10,13-15H,1-3,6-7H2/t10-/m1/s1. The van der Waals surface area contributed by atoms with Gasteiger partial charge in [0.15, 0.2) is 11.5 Å².